The topological polar surface area (TPSA) is 93.2 Å². The smallest absolute Gasteiger partial charge is 0.316 e. The number of primary amides is 1. The molecule has 0 aliphatic carbocycles. The Hall–Kier alpha value is -1.13. The van der Waals surface area contributed by atoms with E-state index in [1.807, 2.05) is 0 Å². The van der Waals surface area contributed by atoms with Gasteiger partial charge in [0, 0.05) is 0 Å². The number of methoxy groups -OCH3 is 1. The number of thiol groups is 1. The number of esters is 1. The maximum absolute atomic E-state index is 10.7. The highest BCUT2D eigenvalue weighted by Crippen LogP contribution is 2.23. The van der Waals surface area contributed by atoms with Gasteiger partial charge in [-0.05, 0) is 0 Å². The second kappa shape index (κ2) is 6.34. The number of rotatable bonds is 4. The van der Waals surface area contributed by atoms with Gasteiger partial charge < -0.3 is 10.5 Å². The fourth-order valence-electron chi connectivity index (χ4n) is 0.467. The first-order chi connectivity index (χ1) is 6.52. The van der Waals surface area contributed by atoms with Gasteiger partial charge in [-0.2, -0.15) is 5.26 Å². The van der Waals surface area contributed by atoms with Crippen LogP contribution in [0.3, 0.4) is 0 Å². The number of carbonyl (C=O) groups excluding carboxylic acids is 2. The van der Waals surface area contributed by atoms with Crippen molar-refractivity contribution in [2.24, 2.45) is 5.73 Å². The summed E-state index contributed by atoms with van der Waals surface area (Å²) in [6, 6.07) is 1.60. The zero-order chi connectivity index (χ0) is 11.1. The van der Waals surface area contributed by atoms with Crippen molar-refractivity contribution in [2.75, 3.05) is 12.9 Å². The molecule has 7 heteroatoms. The van der Waals surface area contributed by atoms with Crippen LogP contribution in [-0.4, -0.2) is 24.7 Å². The molecule has 0 aliphatic rings. The lowest BCUT2D eigenvalue weighted by atomic mass is 10.3. The second-order valence-electron chi connectivity index (χ2n) is 2.02. The molecule has 0 aliphatic heterocycles. The molecular weight excluding hydrogens is 224 g/mol. The first-order valence-corrected chi connectivity index (χ1v) is 4.79. The highest BCUT2D eigenvalue weighted by Gasteiger charge is 2.11. The lowest BCUT2D eigenvalue weighted by Crippen LogP contribution is -2.13. The molecule has 1 amide bonds. The zero-order valence-corrected chi connectivity index (χ0v) is 9.02. The average molecular weight is 232 g/mol. The number of ether oxygens (including phenoxy) is 1. The van der Waals surface area contributed by atoms with Crippen LogP contribution in [-0.2, 0) is 14.3 Å². The molecule has 0 aromatic rings. The molecule has 0 bridgehead atoms. The maximum Gasteiger partial charge on any atom is 0.316 e. The third-order valence-electron chi connectivity index (χ3n) is 1.13. The summed E-state index contributed by atoms with van der Waals surface area (Å²) in [6.07, 6.45) is 0. The van der Waals surface area contributed by atoms with Gasteiger partial charge in [-0.25, -0.2) is 0 Å². The molecule has 2 N–H and O–H groups in total. The summed E-state index contributed by atoms with van der Waals surface area (Å²) in [6.45, 7) is 0. The molecule has 0 aromatic carbocycles. The quantitative estimate of drug-likeness (QED) is 0.309. The van der Waals surface area contributed by atoms with E-state index in [9.17, 15) is 9.59 Å². The number of hydrogen-bond donors (Lipinski definition) is 2. The highest BCUT2D eigenvalue weighted by molar-refractivity contribution is 8.16. The lowest BCUT2D eigenvalue weighted by Gasteiger charge is -2.00. The van der Waals surface area contributed by atoms with E-state index in [1.54, 1.807) is 6.07 Å². The second-order valence-corrected chi connectivity index (χ2v) is 3.76. The minimum atomic E-state index is -0.866. The van der Waals surface area contributed by atoms with Gasteiger partial charge in [0.25, 0.3) is 5.91 Å². The van der Waals surface area contributed by atoms with Crippen molar-refractivity contribution in [3.05, 3.63) is 9.81 Å². The van der Waals surface area contributed by atoms with Crippen molar-refractivity contribution < 1.29 is 14.3 Å². The van der Waals surface area contributed by atoms with E-state index in [0.29, 0.717) is 0 Å². The normalized spacial score (nSPS) is 11.2. The molecular formula is C7H8N2O3S2. The molecule has 5 nitrogen and oxygen atoms in total. The first kappa shape index (κ1) is 12.9. The molecule has 0 radical (unpaired) electrons. The summed E-state index contributed by atoms with van der Waals surface area (Å²) in [5.74, 6) is -1.36. The third kappa shape index (κ3) is 4.20. The molecule has 0 rings (SSSR count). The number of nitrogens with two attached hydrogens (primary N) is 1. The number of carbonyl (C=O) groups is 2. The Morgan fingerprint density at radius 1 is 1.64 bits per heavy atom. The predicted molar refractivity (Wildman–Crippen MR) is 55.3 cm³/mol. The maximum atomic E-state index is 10.7. The van der Waals surface area contributed by atoms with Crippen LogP contribution in [0.25, 0.3) is 0 Å². The number of nitriles is 1. The summed E-state index contributed by atoms with van der Waals surface area (Å²) >= 11 is 4.79. The van der Waals surface area contributed by atoms with Crippen LogP contribution in [0.5, 0.6) is 0 Å². The minimum absolute atomic E-state index is 0.0200. The van der Waals surface area contributed by atoms with E-state index >= 15 is 0 Å². The molecule has 0 saturated heterocycles. The van der Waals surface area contributed by atoms with Crippen LogP contribution in [0.4, 0.5) is 0 Å². The van der Waals surface area contributed by atoms with Crippen LogP contribution < -0.4 is 5.73 Å². The largest absolute Gasteiger partial charge is 0.468 e. The van der Waals surface area contributed by atoms with Crippen LogP contribution in [0.1, 0.15) is 0 Å². The third-order valence-corrected chi connectivity index (χ3v) is 2.59. The molecule has 14 heavy (non-hydrogen) atoms. The van der Waals surface area contributed by atoms with Crippen molar-refractivity contribution >= 4 is 36.3 Å². The van der Waals surface area contributed by atoms with E-state index in [4.69, 9.17) is 11.0 Å². The van der Waals surface area contributed by atoms with E-state index < -0.39 is 11.9 Å². The van der Waals surface area contributed by atoms with Gasteiger partial charge in [0.15, 0.2) is 0 Å². The van der Waals surface area contributed by atoms with Gasteiger partial charge in [0.05, 0.1) is 17.1 Å². The molecule has 0 fully saturated rings. The van der Waals surface area contributed by atoms with Gasteiger partial charge in [-0.1, -0.05) is 0 Å². The summed E-state index contributed by atoms with van der Waals surface area (Å²) in [7, 11) is 1.24. The van der Waals surface area contributed by atoms with Crippen molar-refractivity contribution in [3.8, 4) is 6.07 Å². The molecule has 0 heterocycles. The Bertz CT molecular complexity index is 319. The average Bonchev–Trinajstić information content (AvgIpc) is 2.14. The van der Waals surface area contributed by atoms with Gasteiger partial charge in [0.1, 0.15) is 11.6 Å². The Labute approximate surface area is 90.7 Å². The Morgan fingerprint density at radius 3 is 2.57 bits per heavy atom. The van der Waals surface area contributed by atoms with Crippen molar-refractivity contribution in [1.29, 1.82) is 5.26 Å². The summed E-state index contributed by atoms with van der Waals surface area (Å²) in [5.41, 5.74) is 4.63. The summed E-state index contributed by atoms with van der Waals surface area (Å²) in [5, 5.41) is 8.50. The predicted octanol–water partition coefficient (Wildman–Crippen LogP) is 0.0429. The van der Waals surface area contributed by atoms with Crippen LogP contribution in [0.2, 0.25) is 0 Å². The number of amides is 1. The van der Waals surface area contributed by atoms with Crippen molar-refractivity contribution in [1.82, 2.24) is 0 Å². The zero-order valence-electron chi connectivity index (χ0n) is 7.31. The molecule has 0 spiro atoms. The fourth-order valence-corrected chi connectivity index (χ4v) is 1.48. The van der Waals surface area contributed by atoms with Gasteiger partial charge >= 0.3 is 5.97 Å². The Kier molecular flexibility index (Phi) is 5.83. The van der Waals surface area contributed by atoms with Crippen LogP contribution in [0, 0.1) is 11.3 Å². The molecule has 0 atom stereocenters. The summed E-state index contributed by atoms with van der Waals surface area (Å²) < 4.78 is 4.48. The van der Waals surface area contributed by atoms with Gasteiger partial charge in [0.2, 0.25) is 0 Å². The minimum Gasteiger partial charge on any atom is -0.468 e. The number of nitrogens with zero attached hydrogens (tertiary/aromatic N) is 1. The van der Waals surface area contributed by atoms with E-state index in [0.717, 1.165) is 11.8 Å². The van der Waals surface area contributed by atoms with Crippen LogP contribution >= 0.6 is 24.4 Å². The number of thioether (sulfide) groups is 1. The van der Waals surface area contributed by atoms with Crippen molar-refractivity contribution in [2.45, 2.75) is 0 Å². The summed E-state index contributed by atoms with van der Waals surface area (Å²) in [4.78, 5) is 21.3. The monoisotopic (exact) mass is 232 g/mol. The van der Waals surface area contributed by atoms with E-state index in [1.165, 1.54) is 7.11 Å². The lowest BCUT2D eigenvalue weighted by molar-refractivity contribution is -0.137. The molecule has 76 valence electrons. The van der Waals surface area contributed by atoms with Gasteiger partial charge in [-0.15, -0.1) is 24.4 Å². The first-order valence-electron chi connectivity index (χ1n) is 3.35. The SMILES string of the molecule is COC(=O)CS/C(S)=C(\C#N)C(N)=O. The van der Waals surface area contributed by atoms with Crippen LogP contribution in [0.15, 0.2) is 9.81 Å². The highest BCUT2D eigenvalue weighted by atomic mass is 32.2. The molecule has 0 unspecified atom stereocenters. The fraction of sp³-hybridized carbons (Fsp3) is 0.286. The standard InChI is InChI=1S/C7H8N2O3S2/c1-12-5(10)3-14-7(13)4(2-8)6(9)11/h13H,3H2,1H3,(H2,9,11)/b7-4+. The van der Waals surface area contributed by atoms with Gasteiger partial charge in [-0.3, -0.25) is 9.59 Å². The molecule has 0 saturated carbocycles. The Morgan fingerprint density at radius 2 is 2.21 bits per heavy atom. The van der Waals surface area contributed by atoms with E-state index in [-0.39, 0.29) is 15.6 Å². The number of hydrogen-bond acceptors (Lipinski definition) is 6. The van der Waals surface area contributed by atoms with Crippen molar-refractivity contribution in [3.63, 3.8) is 0 Å². The van der Waals surface area contributed by atoms with E-state index in [2.05, 4.69) is 17.4 Å². The molecule has 0 aromatic heterocycles. The Balaban J connectivity index is 4.44.